The quantitative estimate of drug-likeness (QED) is 0.123. The van der Waals surface area contributed by atoms with Gasteiger partial charge >= 0.3 is 0 Å². The van der Waals surface area contributed by atoms with E-state index in [-0.39, 0.29) is 0 Å². The predicted octanol–water partition coefficient (Wildman–Crippen LogP) is 7.81. The molecule has 0 fully saturated rings. The minimum Gasteiger partial charge on any atom is -0.493 e. The van der Waals surface area contributed by atoms with E-state index in [1.165, 1.54) is 0 Å². The number of pyridine rings is 1. The summed E-state index contributed by atoms with van der Waals surface area (Å²) in [5.74, 6) is 2.29. The first-order chi connectivity index (χ1) is 17.8. The van der Waals surface area contributed by atoms with Gasteiger partial charge in [0.25, 0.3) is 0 Å². The van der Waals surface area contributed by atoms with Crippen molar-refractivity contribution < 1.29 is 9.47 Å². The third kappa shape index (κ3) is 6.96. The highest BCUT2D eigenvalue weighted by atomic mass is 79.9. The molecule has 190 valence electrons. The van der Waals surface area contributed by atoms with Crippen molar-refractivity contribution in [3.8, 4) is 11.5 Å². The fraction of sp³-hybridized carbons (Fsp3) is 0.207. The third-order valence-corrected chi connectivity index (χ3v) is 6.58. The molecule has 37 heavy (non-hydrogen) atoms. The van der Waals surface area contributed by atoms with Gasteiger partial charge in [-0.15, -0.1) is 0 Å². The number of aromatic nitrogens is 1. The number of hydrogen-bond donors (Lipinski definition) is 1. The zero-order valence-electron chi connectivity index (χ0n) is 21.1. The van der Waals surface area contributed by atoms with Gasteiger partial charge in [-0.05, 0) is 98.3 Å². The van der Waals surface area contributed by atoms with E-state index in [0.29, 0.717) is 35.6 Å². The lowest BCUT2D eigenvalue weighted by Gasteiger charge is -2.13. The van der Waals surface area contributed by atoms with Crippen LogP contribution in [0.4, 0.5) is 5.69 Å². The molecule has 1 N–H and O–H groups in total. The summed E-state index contributed by atoms with van der Waals surface area (Å²) in [6.45, 7) is 6.87. The lowest BCUT2D eigenvalue weighted by Crippen LogP contribution is -2.20. The molecular weight excluding hydrogens is 596 g/mol. The van der Waals surface area contributed by atoms with Crippen LogP contribution in [0.15, 0.2) is 85.8 Å². The smallest absolute Gasteiger partial charge is 0.173 e. The Hall–Kier alpha value is -3.23. The molecule has 0 unspecified atom stereocenters. The summed E-state index contributed by atoms with van der Waals surface area (Å²) in [5, 5.41) is 5.53. The molecule has 6 nitrogen and oxygen atoms in total. The number of hydrazone groups is 1. The number of para-hydroxylation sites is 1. The molecule has 8 heteroatoms. The van der Waals surface area contributed by atoms with E-state index >= 15 is 0 Å². The van der Waals surface area contributed by atoms with Crippen molar-refractivity contribution in [2.24, 2.45) is 16.0 Å². The van der Waals surface area contributed by atoms with Gasteiger partial charge in [0.05, 0.1) is 31.1 Å². The van der Waals surface area contributed by atoms with Gasteiger partial charge in [0, 0.05) is 14.3 Å². The summed E-state index contributed by atoms with van der Waals surface area (Å²) in [6, 6.07) is 21.7. The van der Waals surface area contributed by atoms with Crippen LogP contribution in [0, 0.1) is 12.8 Å². The number of halogens is 2. The second kappa shape index (κ2) is 12.3. The Labute approximate surface area is 234 Å². The number of ether oxygens (including phenoxy) is 2. The van der Waals surface area contributed by atoms with Gasteiger partial charge in [0.1, 0.15) is 5.69 Å². The average Bonchev–Trinajstić information content (AvgIpc) is 2.88. The van der Waals surface area contributed by atoms with E-state index in [4.69, 9.17) is 19.5 Å². The van der Waals surface area contributed by atoms with E-state index in [9.17, 15) is 0 Å². The molecular formula is C29H28Br2N4O2. The highest BCUT2D eigenvalue weighted by Gasteiger charge is 2.12. The molecule has 1 heterocycles. The second-order valence-electron chi connectivity index (χ2n) is 8.91. The van der Waals surface area contributed by atoms with E-state index in [2.05, 4.69) is 56.2 Å². The maximum absolute atomic E-state index is 5.86. The third-order valence-electron chi connectivity index (χ3n) is 5.37. The Kier molecular flexibility index (Phi) is 8.95. The summed E-state index contributed by atoms with van der Waals surface area (Å²) in [4.78, 5) is 9.70. The number of hydrogen-bond acceptors (Lipinski definition) is 5. The first kappa shape index (κ1) is 26.8. The molecule has 0 bridgehead atoms. The molecule has 1 aromatic heterocycles. The number of rotatable bonds is 8. The molecule has 0 aliphatic heterocycles. The Morgan fingerprint density at radius 3 is 2.49 bits per heavy atom. The maximum atomic E-state index is 5.86. The molecule has 0 saturated heterocycles. The van der Waals surface area contributed by atoms with Crippen LogP contribution in [0.25, 0.3) is 10.9 Å². The van der Waals surface area contributed by atoms with Crippen LogP contribution in [-0.2, 0) is 0 Å². The van der Waals surface area contributed by atoms with Crippen LogP contribution >= 0.6 is 31.9 Å². The lowest BCUT2D eigenvalue weighted by molar-refractivity contribution is 0.257. The summed E-state index contributed by atoms with van der Waals surface area (Å²) >= 11 is 7.28. The average molecular weight is 624 g/mol. The van der Waals surface area contributed by atoms with Crippen LogP contribution < -0.4 is 14.9 Å². The van der Waals surface area contributed by atoms with Gasteiger partial charge in [0.2, 0.25) is 0 Å². The Morgan fingerprint density at radius 1 is 1.00 bits per heavy atom. The fourth-order valence-electron chi connectivity index (χ4n) is 3.56. The van der Waals surface area contributed by atoms with Gasteiger partial charge in [-0.2, -0.15) is 5.10 Å². The van der Waals surface area contributed by atoms with Crippen LogP contribution in [-0.4, -0.2) is 30.8 Å². The number of fused-ring (bicyclic) bond motifs is 1. The standard InChI is InChI=1S/C29H28Br2N4O2/c1-18(2)17-37-26-12-9-20(15-27(26)36-4)16-32-35-29(34-28-22(30)13-19(3)14-23(28)31)25-11-10-21-7-5-6-8-24(21)33-25/h5-16,18H,17H2,1-4H3,(H,34,35). The SMILES string of the molecule is COc1cc(C=NNC(=Nc2c(Br)cc(C)cc2Br)c2ccc3ccccc3n2)ccc1OCC(C)C. The van der Waals surface area contributed by atoms with E-state index < -0.39 is 0 Å². The van der Waals surface area contributed by atoms with Gasteiger partial charge in [-0.1, -0.05) is 38.1 Å². The van der Waals surface area contributed by atoms with Crippen molar-refractivity contribution in [2.75, 3.05) is 13.7 Å². The summed E-state index contributed by atoms with van der Waals surface area (Å²) in [5.41, 5.74) is 7.36. The Morgan fingerprint density at radius 2 is 1.76 bits per heavy atom. The van der Waals surface area contributed by atoms with E-state index in [1.807, 2.05) is 73.7 Å². The lowest BCUT2D eigenvalue weighted by atomic mass is 10.2. The van der Waals surface area contributed by atoms with Crippen LogP contribution in [0.3, 0.4) is 0 Å². The van der Waals surface area contributed by atoms with Gasteiger partial charge in [-0.25, -0.2) is 9.98 Å². The van der Waals surface area contributed by atoms with Gasteiger partial charge in [0.15, 0.2) is 17.3 Å². The molecule has 0 spiro atoms. The summed E-state index contributed by atoms with van der Waals surface area (Å²) in [7, 11) is 1.63. The number of methoxy groups -OCH3 is 1. The molecule has 0 radical (unpaired) electrons. The van der Waals surface area contributed by atoms with Crippen LogP contribution in [0.2, 0.25) is 0 Å². The number of amidine groups is 1. The number of benzene rings is 3. The molecule has 0 atom stereocenters. The van der Waals surface area contributed by atoms with Crippen molar-refractivity contribution >= 4 is 60.5 Å². The van der Waals surface area contributed by atoms with Crippen molar-refractivity contribution in [3.63, 3.8) is 0 Å². The number of nitrogens with zero attached hydrogens (tertiary/aromatic N) is 3. The minimum atomic E-state index is 0.421. The zero-order chi connectivity index (χ0) is 26.4. The Bertz CT molecular complexity index is 1440. The molecule has 0 aliphatic carbocycles. The summed E-state index contributed by atoms with van der Waals surface area (Å²) < 4.78 is 13.1. The Balaban J connectivity index is 1.66. The van der Waals surface area contributed by atoms with Crippen LogP contribution in [0.5, 0.6) is 11.5 Å². The highest BCUT2D eigenvalue weighted by molar-refractivity contribution is 9.11. The van der Waals surface area contributed by atoms with Crippen molar-refractivity contribution in [1.82, 2.24) is 10.4 Å². The van der Waals surface area contributed by atoms with Crippen LogP contribution in [0.1, 0.15) is 30.7 Å². The molecule has 0 saturated carbocycles. The number of aryl methyl sites for hydroxylation is 1. The van der Waals surface area contributed by atoms with E-state index in [1.54, 1.807) is 13.3 Å². The first-order valence-electron chi connectivity index (χ1n) is 11.8. The van der Waals surface area contributed by atoms with E-state index in [0.717, 1.165) is 36.7 Å². The minimum absolute atomic E-state index is 0.421. The second-order valence-corrected chi connectivity index (χ2v) is 10.6. The van der Waals surface area contributed by atoms with Crippen molar-refractivity contribution in [2.45, 2.75) is 20.8 Å². The van der Waals surface area contributed by atoms with Crippen molar-refractivity contribution in [1.29, 1.82) is 0 Å². The zero-order valence-corrected chi connectivity index (χ0v) is 24.3. The molecule has 4 rings (SSSR count). The van der Waals surface area contributed by atoms with Gasteiger partial charge in [-0.3, -0.25) is 5.43 Å². The predicted molar refractivity (Wildman–Crippen MR) is 159 cm³/mol. The maximum Gasteiger partial charge on any atom is 0.173 e. The summed E-state index contributed by atoms with van der Waals surface area (Å²) in [6.07, 6.45) is 1.71. The normalized spacial score (nSPS) is 11.9. The first-order valence-corrected chi connectivity index (χ1v) is 13.4. The number of nitrogens with one attached hydrogen (secondary N) is 1. The fourth-order valence-corrected chi connectivity index (χ4v) is 5.15. The molecule has 3 aromatic carbocycles. The van der Waals surface area contributed by atoms with Gasteiger partial charge < -0.3 is 9.47 Å². The molecule has 0 aliphatic rings. The monoisotopic (exact) mass is 622 g/mol. The largest absolute Gasteiger partial charge is 0.493 e. The topological polar surface area (TPSA) is 68.1 Å². The molecule has 0 amide bonds. The van der Waals surface area contributed by atoms with Crippen molar-refractivity contribution in [3.05, 3.63) is 92.5 Å². The number of aliphatic imine (C=N–C) groups is 1. The molecule has 4 aromatic rings. The highest BCUT2D eigenvalue weighted by Crippen LogP contribution is 2.35.